The molecule has 164 valence electrons. The van der Waals surface area contributed by atoms with Crippen LogP contribution in [-0.2, 0) is 16.6 Å². The zero-order valence-electron chi connectivity index (χ0n) is 17.1. The number of aromatic nitrogens is 1. The van der Waals surface area contributed by atoms with E-state index in [-0.39, 0.29) is 11.9 Å². The Labute approximate surface area is 185 Å². The van der Waals surface area contributed by atoms with Crippen molar-refractivity contribution in [2.45, 2.75) is 50.4 Å². The van der Waals surface area contributed by atoms with Gasteiger partial charge in [-0.3, -0.25) is 4.90 Å². The van der Waals surface area contributed by atoms with Gasteiger partial charge in [-0.25, -0.2) is 22.5 Å². The Morgan fingerprint density at radius 3 is 2.55 bits per heavy atom. The highest BCUT2D eigenvalue weighted by atomic mass is 32.2. The second-order valence-corrected chi connectivity index (χ2v) is 11.2. The van der Waals surface area contributed by atoms with Crippen LogP contribution in [0.5, 0.6) is 10.9 Å². The van der Waals surface area contributed by atoms with Gasteiger partial charge in [-0.1, -0.05) is 23.5 Å². The monoisotopic (exact) mass is 461 g/mol. The predicted molar refractivity (Wildman–Crippen MR) is 119 cm³/mol. The van der Waals surface area contributed by atoms with Crippen molar-refractivity contribution < 1.29 is 17.5 Å². The summed E-state index contributed by atoms with van der Waals surface area (Å²) >= 11 is 1.39. The molecule has 0 amide bonds. The summed E-state index contributed by atoms with van der Waals surface area (Å²) in [5.74, 6) is 0.390. The molecule has 3 aromatic rings. The molecule has 31 heavy (non-hydrogen) atoms. The number of rotatable bonds is 6. The average molecular weight is 462 g/mol. The van der Waals surface area contributed by atoms with E-state index in [9.17, 15) is 12.8 Å². The number of sulfonamides is 1. The van der Waals surface area contributed by atoms with Gasteiger partial charge in [0.2, 0.25) is 10.0 Å². The molecular formula is C22H24FN3O3S2. The van der Waals surface area contributed by atoms with Gasteiger partial charge in [-0.2, -0.15) is 0 Å². The second-order valence-electron chi connectivity index (χ2n) is 8.45. The van der Waals surface area contributed by atoms with Gasteiger partial charge in [0.15, 0.2) is 0 Å². The van der Waals surface area contributed by atoms with Gasteiger partial charge in [0.25, 0.3) is 5.19 Å². The molecule has 2 atom stereocenters. The summed E-state index contributed by atoms with van der Waals surface area (Å²) in [4.78, 5) is 6.86. The summed E-state index contributed by atoms with van der Waals surface area (Å²) in [5.41, 5.74) is 1.80. The Kier molecular flexibility index (Phi) is 5.45. The predicted octanol–water partition coefficient (Wildman–Crippen LogP) is 4.27. The Morgan fingerprint density at radius 1 is 1.16 bits per heavy atom. The number of halogens is 1. The molecule has 2 unspecified atom stereocenters. The SMILES string of the molecule is CS(=O)(=O)NC1CC2CCC(C1)N2Cc1ccc(Oc2nc3cc(F)ccc3s2)cc1. The Balaban J connectivity index is 1.22. The van der Waals surface area contributed by atoms with Crippen LogP contribution < -0.4 is 9.46 Å². The largest absolute Gasteiger partial charge is 0.431 e. The summed E-state index contributed by atoms with van der Waals surface area (Å²) < 4.78 is 46.1. The first-order valence-electron chi connectivity index (χ1n) is 10.4. The highest BCUT2D eigenvalue weighted by Crippen LogP contribution is 2.37. The highest BCUT2D eigenvalue weighted by molar-refractivity contribution is 7.88. The molecule has 2 aromatic carbocycles. The van der Waals surface area contributed by atoms with Crippen molar-refractivity contribution >= 4 is 31.6 Å². The molecule has 3 heterocycles. The van der Waals surface area contributed by atoms with Crippen LogP contribution >= 0.6 is 11.3 Å². The Hall–Kier alpha value is -2.07. The van der Waals surface area contributed by atoms with Gasteiger partial charge < -0.3 is 4.74 Å². The molecule has 2 saturated heterocycles. The molecule has 2 bridgehead atoms. The average Bonchev–Trinajstić information content (AvgIpc) is 3.18. The molecule has 6 nitrogen and oxygen atoms in total. The number of nitrogens with zero attached hydrogens (tertiary/aromatic N) is 2. The number of piperidine rings is 1. The van der Waals surface area contributed by atoms with Crippen molar-refractivity contribution in [1.29, 1.82) is 0 Å². The van der Waals surface area contributed by atoms with E-state index in [1.54, 1.807) is 6.07 Å². The first kappa shape index (κ1) is 20.8. The van der Waals surface area contributed by atoms with E-state index in [0.717, 1.165) is 36.9 Å². The summed E-state index contributed by atoms with van der Waals surface area (Å²) in [6.07, 6.45) is 5.20. The van der Waals surface area contributed by atoms with Crippen molar-refractivity contribution in [1.82, 2.24) is 14.6 Å². The topological polar surface area (TPSA) is 71.5 Å². The van der Waals surface area contributed by atoms with Crippen LogP contribution in [0, 0.1) is 5.82 Å². The maximum absolute atomic E-state index is 13.4. The molecular weight excluding hydrogens is 437 g/mol. The number of benzene rings is 2. The standard InChI is InChI=1S/C22H24FN3O3S2/c1-31(27,28)25-16-11-17-5-6-18(12-16)26(17)13-14-2-7-19(8-3-14)29-22-24-20-10-15(23)4-9-21(20)30-22/h2-4,7-10,16-18,25H,5-6,11-13H2,1H3. The number of nitrogens with one attached hydrogen (secondary N) is 1. The fourth-order valence-corrected chi connectivity index (χ4v) is 6.44. The maximum atomic E-state index is 13.4. The Morgan fingerprint density at radius 2 is 1.87 bits per heavy atom. The van der Waals surface area contributed by atoms with Crippen molar-refractivity contribution in [3.63, 3.8) is 0 Å². The van der Waals surface area contributed by atoms with Gasteiger partial charge in [0, 0.05) is 30.7 Å². The number of fused-ring (bicyclic) bond motifs is 3. The van der Waals surface area contributed by atoms with Crippen molar-refractivity contribution in [3.8, 4) is 10.9 Å². The fraction of sp³-hybridized carbons (Fsp3) is 0.409. The molecule has 2 aliphatic rings. The molecule has 5 rings (SSSR count). The molecule has 0 aliphatic carbocycles. The van der Waals surface area contributed by atoms with Gasteiger partial charge in [0.05, 0.1) is 16.5 Å². The highest BCUT2D eigenvalue weighted by Gasteiger charge is 2.41. The van der Waals surface area contributed by atoms with Crippen LogP contribution in [0.25, 0.3) is 10.2 Å². The molecule has 2 aliphatic heterocycles. The van der Waals surface area contributed by atoms with E-state index >= 15 is 0 Å². The van der Waals surface area contributed by atoms with Gasteiger partial charge in [-0.15, -0.1) is 0 Å². The minimum atomic E-state index is -3.17. The summed E-state index contributed by atoms with van der Waals surface area (Å²) in [7, 11) is -3.17. The zero-order chi connectivity index (χ0) is 21.6. The molecule has 0 spiro atoms. The third kappa shape index (κ3) is 4.74. The number of thiazole rings is 1. The lowest BCUT2D eigenvalue weighted by atomic mass is 9.97. The van der Waals surface area contributed by atoms with E-state index < -0.39 is 10.0 Å². The molecule has 2 fully saturated rings. The minimum Gasteiger partial charge on any atom is -0.431 e. The van der Waals surface area contributed by atoms with E-state index in [4.69, 9.17) is 4.74 Å². The third-order valence-electron chi connectivity index (χ3n) is 6.09. The smallest absolute Gasteiger partial charge is 0.279 e. The van der Waals surface area contributed by atoms with E-state index in [2.05, 4.69) is 26.7 Å². The van der Waals surface area contributed by atoms with Crippen LogP contribution in [0.4, 0.5) is 4.39 Å². The fourth-order valence-electron chi connectivity index (χ4n) is 4.83. The minimum absolute atomic E-state index is 0.0433. The molecule has 1 aromatic heterocycles. The number of hydrogen-bond acceptors (Lipinski definition) is 6. The van der Waals surface area contributed by atoms with Crippen LogP contribution in [0.15, 0.2) is 42.5 Å². The van der Waals surface area contributed by atoms with Gasteiger partial charge in [-0.05, 0) is 55.5 Å². The number of ether oxygens (including phenoxy) is 1. The molecule has 9 heteroatoms. The van der Waals surface area contributed by atoms with Crippen LogP contribution in [-0.4, -0.2) is 42.7 Å². The van der Waals surface area contributed by atoms with Crippen molar-refractivity contribution in [2.24, 2.45) is 0 Å². The summed E-state index contributed by atoms with van der Waals surface area (Å²) in [6, 6.07) is 13.4. The van der Waals surface area contributed by atoms with E-state index in [1.165, 1.54) is 35.3 Å². The van der Waals surface area contributed by atoms with Gasteiger partial charge in [0.1, 0.15) is 11.6 Å². The first-order valence-corrected chi connectivity index (χ1v) is 13.1. The van der Waals surface area contributed by atoms with Crippen molar-refractivity contribution in [2.75, 3.05) is 6.26 Å². The van der Waals surface area contributed by atoms with Crippen LogP contribution in [0.3, 0.4) is 0 Å². The normalized spacial score (nSPS) is 24.0. The van der Waals surface area contributed by atoms with E-state index in [1.807, 2.05) is 12.1 Å². The van der Waals surface area contributed by atoms with Crippen molar-refractivity contribution in [3.05, 3.63) is 53.8 Å². The zero-order valence-corrected chi connectivity index (χ0v) is 18.8. The lowest BCUT2D eigenvalue weighted by Gasteiger charge is -2.39. The lowest BCUT2D eigenvalue weighted by molar-refractivity contribution is 0.116. The lowest BCUT2D eigenvalue weighted by Crippen LogP contribution is -2.49. The molecule has 0 saturated carbocycles. The molecule has 1 N–H and O–H groups in total. The third-order valence-corrected chi connectivity index (χ3v) is 7.76. The quantitative estimate of drug-likeness (QED) is 0.594. The first-order chi connectivity index (χ1) is 14.8. The Bertz CT molecular complexity index is 1180. The summed E-state index contributed by atoms with van der Waals surface area (Å²) in [5, 5.41) is 0.492. The summed E-state index contributed by atoms with van der Waals surface area (Å²) in [6.45, 7) is 0.849. The van der Waals surface area contributed by atoms with E-state index in [0.29, 0.717) is 28.5 Å². The van der Waals surface area contributed by atoms with Gasteiger partial charge >= 0.3 is 0 Å². The van der Waals surface area contributed by atoms with Crippen LogP contribution in [0.1, 0.15) is 31.2 Å². The maximum Gasteiger partial charge on any atom is 0.279 e. The molecule has 0 radical (unpaired) electrons. The number of hydrogen-bond donors (Lipinski definition) is 1. The van der Waals surface area contributed by atoms with Crippen LogP contribution in [0.2, 0.25) is 0 Å². The second kappa shape index (κ2) is 8.12.